The lowest BCUT2D eigenvalue weighted by Crippen LogP contribution is -2.48. The van der Waals surface area contributed by atoms with E-state index >= 15 is 0 Å². The number of nitrogens with zero attached hydrogens (tertiary/aromatic N) is 1. The largest absolute Gasteiger partial charge is 0.481 e. The van der Waals surface area contributed by atoms with E-state index in [9.17, 15) is 14.4 Å². The van der Waals surface area contributed by atoms with E-state index < -0.39 is 12.1 Å². The highest BCUT2D eigenvalue weighted by atomic mass is 16.5. The summed E-state index contributed by atoms with van der Waals surface area (Å²) in [6.45, 7) is 2.70. The number of carboxylic acid groups (broad SMARTS) is 1. The van der Waals surface area contributed by atoms with Crippen LogP contribution < -0.4 is 5.32 Å². The summed E-state index contributed by atoms with van der Waals surface area (Å²) in [6.07, 6.45) is 3.64. The van der Waals surface area contributed by atoms with E-state index in [0.717, 1.165) is 30.4 Å². The Hall–Kier alpha value is -3.35. The summed E-state index contributed by atoms with van der Waals surface area (Å²) in [5.41, 5.74) is 4.65. The Morgan fingerprint density at radius 2 is 1.60 bits per heavy atom. The highest BCUT2D eigenvalue weighted by Gasteiger charge is 2.34. The van der Waals surface area contributed by atoms with Crippen molar-refractivity contribution in [1.82, 2.24) is 10.2 Å². The molecule has 2 atom stereocenters. The minimum absolute atomic E-state index is 0.0219. The molecule has 35 heavy (non-hydrogen) atoms. The fraction of sp³-hybridized carbons (Fsp3) is 0.464. The summed E-state index contributed by atoms with van der Waals surface area (Å²) in [7, 11) is 0. The second-order valence-corrected chi connectivity index (χ2v) is 9.38. The zero-order valence-corrected chi connectivity index (χ0v) is 20.2. The van der Waals surface area contributed by atoms with Crippen LogP contribution in [0.1, 0.15) is 62.5 Å². The summed E-state index contributed by atoms with van der Waals surface area (Å²) < 4.78 is 5.72. The fourth-order valence-electron chi connectivity index (χ4n) is 5.46. The van der Waals surface area contributed by atoms with Crippen LogP contribution in [0, 0.1) is 5.92 Å². The van der Waals surface area contributed by atoms with Gasteiger partial charge in [0.2, 0.25) is 5.91 Å². The van der Waals surface area contributed by atoms with E-state index in [-0.39, 0.29) is 43.4 Å². The SMILES string of the molecule is CCN(CCC(=O)O)C(=O)[C@@H]1CCCCC[C@@H]1NC(=O)OCC1c2ccccc2-c2ccccc21. The molecule has 2 aromatic rings. The quantitative estimate of drug-likeness (QED) is 0.532. The maximum absolute atomic E-state index is 13.3. The average Bonchev–Trinajstić information content (AvgIpc) is 2.99. The van der Waals surface area contributed by atoms with Gasteiger partial charge in [-0.2, -0.15) is 0 Å². The van der Waals surface area contributed by atoms with Gasteiger partial charge in [-0.05, 0) is 42.0 Å². The number of carbonyl (C=O) groups is 3. The number of amides is 2. The van der Waals surface area contributed by atoms with Crippen molar-refractivity contribution < 1.29 is 24.2 Å². The van der Waals surface area contributed by atoms with Crippen LogP contribution >= 0.6 is 0 Å². The van der Waals surface area contributed by atoms with Gasteiger partial charge in [-0.15, -0.1) is 0 Å². The number of aliphatic carboxylic acids is 1. The first kappa shape index (κ1) is 24.8. The molecule has 7 heteroatoms. The summed E-state index contributed by atoms with van der Waals surface area (Å²) in [4.78, 5) is 38.8. The Bertz CT molecular complexity index is 1020. The lowest BCUT2D eigenvalue weighted by atomic mass is 9.93. The molecule has 2 amide bonds. The zero-order chi connectivity index (χ0) is 24.8. The topological polar surface area (TPSA) is 95.9 Å². The van der Waals surface area contributed by atoms with E-state index in [4.69, 9.17) is 9.84 Å². The van der Waals surface area contributed by atoms with Crippen molar-refractivity contribution in [2.75, 3.05) is 19.7 Å². The molecule has 2 N–H and O–H groups in total. The molecule has 0 unspecified atom stereocenters. The maximum Gasteiger partial charge on any atom is 0.407 e. The second-order valence-electron chi connectivity index (χ2n) is 9.38. The highest BCUT2D eigenvalue weighted by Crippen LogP contribution is 2.44. The lowest BCUT2D eigenvalue weighted by Gasteiger charge is -2.30. The van der Waals surface area contributed by atoms with Crippen LogP contribution in [0.25, 0.3) is 11.1 Å². The molecule has 7 nitrogen and oxygen atoms in total. The molecule has 0 spiro atoms. The molecular weight excluding hydrogens is 444 g/mol. The van der Waals surface area contributed by atoms with Crippen LogP contribution in [0.2, 0.25) is 0 Å². The molecule has 0 bridgehead atoms. The van der Waals surface area contributed by atoms with E-state index in [1.807, 2.05) is 31.2 Å². The molecular formula is C28H34N2O5. The standard InChI is InChI=1S/C28H34N2O5/c1-2-30(17-16-26(31)32)27(33)23-14-4-3-5-15-25(23)29-28(34)35-18-24-21-12-8-6-10-19(21)20-11-7-9-13-22(20)24/h6-13,23-25H,2-5,14-18H2,1H3,(H,29,34)(H,31,32)/t23-,25+/m1/s1. The van der Waals surface area contributed by atoms with Gasteiger partial charge >= 0.3 is 12.1 Å². The molecule has 0 aromatic heterocycles. The van der Waals surface area contributed by atoms with Gasteiger partial charge in [-0.25, -0.2) is 4.79 Å². The Balaban J connectivity index is 1.41. The molecule has 0 heterocycles. The van der Waals surface area contributed by atoms with Crippen LogP contribution in [-0.4, -0.2) is 53.7 Å². The van der Waals surface area contributed by atoms with Crippen molar-refractivity contribution in [1.29, 1.82) is 0 Å². The minimum Gasteiger partial charge on any atom is -0.481 e. The summed E-state index contributed by atoms with van der Waals surface area (Å²) in [5.74, 6) is -1.40. The van der Waals surface area contributed by atoms with Crippen molar-refractivity contribution in [2.45, 2.75) is 57.4 Å². The normalized spacial score (nSPS) is 19.2. The lowest BCUT2D eigenvalue weighted by molar-refractivity contribution is -0.140. The van der Waals surface area contributed by atoms with Crippen molar-refractivity contribution in [3.05, 3.63) is 59.7 Å². The number of carboxylic acids is 1. The molecule has 2 aromatic carbocycles. The number of hydrogen-bond acceptors (Lipinski definition) is 4. The third-order valence-electron chi connectivity index (χ3n) is 7.27. The molecule has 1 fully saturated rings. The van der Waals surface area contributed by atoms with Crippen molar-refractivity contribution >= 4 is 18.0 Å². The maximum atomic E-state index is 13.3. The van der Waals surface area contributed by atoms with Gasteiger partial charge in [0.25, 0.3) is 0 Å². The number of fused-ring (bicyclic) bond motifs is 3. The first-order chi connectivity index (χ1) is 17.0. The van der Waals surface area contributed by atoms with Crippen molar-refractivity contribution in [2.24, 2.45) is 5.92 Å². The molecule has 186 valence electrons. The Labute approximate surface area is 206 Å². The van der Waals surface area contributed by atoms with Crippen molar-refractivity contribution in [3.63, 3.8) is 0 Å². The van der Waals surface area contributed by atoms with Crippen LogP contribution in [0.5, 0.6) is 0 Å². The third-order valence-corrected chi connectivity index (χ3v) is 7.27. The third kappa shape index (κ3) is 5.66. The van der Waals surface area contributed by atoms with Gasteiger partial charge in [0.1, 0.15) is 6.61 Å². The number of carbonyl (C=O) groups excluding carboxylic acids is 2. The summed E-state index contributed by atoms with van der Waals surface area (Å²) in [6, 6.07) is 16.1. The molecule has 1 saturated carbocycles. The molecule has 2 aliphatic rings. The van der Waals surface area contributed by atoms with E-state index in [2.05, 4.69) is 29.6 Å². The molecule has 0 saturated heterocycles. The van der Waals surface area contributed by atoms with E-state index in [1.165, 1.54) is 11.1 Å². The molecule has 0 radical (unpaired) electrons. The van der Waals surface area contributed by atoms with Crippen LogP contribution in [0.15, 0.2) is 48.5 Å². The highest BCUT2D eigenvalue weighted by molar-refractivity contribution is 5.81. The minimum atomic E-state index is -0.926. The number of ether oxygens (including phenoxy) is 1. The average molecular weight is 479 g/mol. The second kappa shape index (κ2) is 11.4. The van der Waals surface area contributed by atoms with E-state index in [0.29, 0.717) is 19.4 Å². The molecule has 0 aliphatic heterocycles. The van der Waals surface area contributed by atoms with Gasteiger partial charge in [0.15, 0.2) is 0 Å². The van der Waals surface area contributed by atoms with Crippen LogP contribution in [0.4, 0.5) is 4.79 Å². The van der Waals surface area contributed by atoms with Gasteiger partial charge in [-0.3, -0.25) is 9.59 Å². The Morgan fingerprint density at radius 1 is 0.971 bits per heavy atom. The summed E-state index contributed by atoms with van der Waals surface area (Å²) in [5, 5.41) is 12.0. The van der Waals surface area contributed by atoms with Crippen LogP contribution in [0.3, 0.4) is 0 Å². The van der Waals surface area contributed by atoms with Gasteiger partial charge < -0.3 is 20.1 Å². The molecule has 2 aliphatic carbocycles. The van der Waals surface area contributed by atoms with Gasteiger partial charge in [-0.1, -0.05) is 67.8 Å². The van der Waals surface area contributed by atoms with Gasteiger partial charge in [0, 0.05) is 25.0 Å². The first-order valence-corrected chi connectivity index (χ1v) is 12.6. The molecule has 4 rings (SSSR count). The number of alkyl carbamates (subject to hydrolysis) is 1. The zero-order valence-electron chi connectivity index (χ0n) is 20.2. The summed E-state index contributed by atoms with van der Waals surface area (Å²) >= 11 is 0. The van der Waals surface area contributed by atoms with E-state index in [1.54, 1.807) is 4.90 Å². The Morgan fingerprint density at radius 3 is 2.23 bits per heavy atom. The first-order valence-electron chi connectivity index (χ1n) is 12.6. The predicted molar refractivity (Wildman–Crippen MR) is 133 cm³/mol. The Kier molecular flexibility index (Phi) is 8.06. The number of rotatable bonds is 8. The predicted octanol–water partition coefficient (Wildman–Crippen LogP) is 4.80. The van der Waals surface area contributed by atoms with Crippen molar-refractivity contribution in [3.8, 4) is 11.1 Å². The van der Waals surface area contributed by atoms with Crippen LogP contribution in [-0.2, 0) is 14.3 Å². The smallest absolute Gasteiger partial charge is 0.407 e. The number of hydrogen-bond donors (Lipinski definition) is 2. The number of benzene rings is 2. The number of nitrogens with one attached hydrogen (secondary N) is 1. The van der Waals surface area contributed by atoms with Gasteiger partial charge in [0.05, 0.1) is 12.3 Å². The monoisotopic (exact) mass is 478 g/mol. The fourth-order valence-corrected chi connectivity index (χ4v) is 5.46.